The van der Waals surface area contributed by atoms with E-state index in [0.29, 0.717) is 5.69 Å². The number of carboxylic acids is 1. The van der Waals surface area contributed by atoms with Crippen LogP contribution in [0.2, 0.25) is 0 Å². The van der Waals surface area contributed by atoms with Gasteiger partial charge < -0.3 is 15.7 Å². The van der Waals surface area contributed by atoms with E-state index in [1.54, 1.807) is 25.3 Å². The van der Waals surface area contributed by atoms with Crippen LogP contribution in [0.1, 0.15) is 13.8 Å². The summed E-state index contributed by atoms with van der Waals surface area (Å²) in [6.45, 7) is 3.18. The lowest BCUT2D eigenvalue weighted by Crippen LogP contribution is -2.42. The Labute approximate surface area is 99.1 Å². The number of nitrogens with zero attached hydrogens (tertiary/aromatic N) is 1. The zero-order valence-electron chi connectivity index (χ0n) is 9.68. The van der Waals surface area contributed by atoms with Crippen LogP contribution in [-0.4, -0.2) is 28.1 Å². The van der Waals surface area contributed by atoms with Crippen LogP contribution in [0.3, 0.4) is 0 Å². The van der Waals surface area contributed by atoms with Gasteiger partial charge in [0.25, 0.3) is 0 Å². The molecule has 0 aromatic carbocycles. The number of amides is 2. The summed E-state index contributed by atoms with van der Waals surface area (Å²) in [4.78, 5) is 26.0. The first kappa shape index (κ1) is 13.0. The van der Waals surface area contributed by atoms with E-state index in [9.17, 15) is 9.59 Å². The van der Waals surface area contributed by atoms with Crippen LogP contribution in [0.4, 0.5) is 10.5 Å². The van der Waals surface area contributed by atoms with E-state index in [2.05, 4.69) is 15.6 Å². The smallest absolute Gasteiger partial charge is 0.319 e. The number of rotatable bonds is 4. The van der Waals surface area contributed by atoms with Gasteiger partial charge in [0, 0.05) is 12.2 Å². The minimum atomic E-state index is -0.945. The molecule has 0 fully saturated rings. The number of carbonyl (C=O) groups excluding carboxylic acids is 1. The third-order valence-corrected chi connectivity index (χ3v) is 2.42. The van der Waals surface area contributed by atoms with Crippen molar-refractivity contribution in [2.75, 3.05) is 5.32 Å². The van der Waals surface area contributed by atoms with Crippen molar-refractivity contribution in [3.8, 4) is 0 Å². The van der Waals surface area contributed by atoms with Gasteiger partial charge in [-0.3, -0.25) is 9.78 Å². The fourth-order valence-electron chi connectivity index (χ4n) is 1.15. The lowest BCUT2D eigenvalue weighted by atomic mass is 10.0. The number of pyridine rings is 1. The minimum absolute atomic E-state index is 0.446. The predicted molar refractivity (Wildman–Crippen MR) is 62.7 cm³/mol. The summed E-state index contributed by atoms with van der Waals surface area (Å²) in [5.74, 6) is -1.59. The molecule has 0 radical (unpaired) electrons. The second-order valence-electron chi connectivity index (χ2n) is 3.76. The average molecular weight is 237 g/mol. The van der Waals surface area contributed by atoms with E-state index in [0.717, 1.165) is 0 Å². The van der Waals surface area contributed by atoms with Gasteiger partial charge in [0.15, 0.2) is 0 Å². The van der Waals surface area contributed by atoms with E-state index in [1.165, 1.54) is 13.1 Å². The maximum Gasteiger partial charge on any atom is 0.319 e. The van der Waals surface area contributed by atoms with Gasteiger partial charge in [-0.1, -0.05) is 0 Å². The van der Waals surface area contributed by atoms with Gasteiger partial charge in [0.05, 0.1) is 17.8 Å². The van der Waals surface area contributed by atoms with Crippen molar-refractivity contribution in [1.82, 2.24) is 10.3 Å². The second-order valence-corrected chi connectivity index (χ2v) is 3.76. The zero-order chi connectivity index (χ0) is 12.8. The second kappa shape index (κ2) is 5.83. The first-order valence-electron chi connectivity index (χ1n) is 5.21. The van der Waals surface area contributed by atoms with E-state index in [4.69, 9.17) is 5.11 Å². The molecule has 1 aromatic heterocycles. The molecule has 1 heterocycles. The molecule has 0 spiro atoms. The highest BCUT2D eigenvalue weighted by atomic mass is 16.4. The first-order chi connectivity index (χ1) is 8.00. The molecule has 1 aromatic rings. The van der Waals surface area contributed by atoms with Crippen molar-refractivity contribution >= 4 is 17.7 Å². The van der Waals surface area contributed by atoms with E-state index < -0.39 is 24.0 Å². The molecule has 2 unspecified atom stereocenters. The maximum atomic E-state index is 11.5. The van der Waals surface area contributed by atoms with Gasteiger partial charge in [-0.15, -0.1) is 0 Å². The molecule has 0 saturated carbocycles. The molecule has 0 bridgehead atoms. The molecule has 2 amide bonds. The highest BCUT2D eigenvalue weighted by Crippen LogP contribution is 2.05. The highest BCUT2D eigenvalue weighted by molar-refractivity contribution is 5.89. The van der Waals surface area contributed by atoms with Crippen LogP contribution in [0, 0.1) is 5.92 Å². The Morgan fingerprint density at radius 2 is 2.12 bits per heavy atom. The molecule has 0 saturated heterocycles. The van der Waals surface area contributed by atoms with Crippen LogP contribution in [0.15, 0.2) is 24.5 Å². The Morgan fingerprint density at radius 1 is 1.41 bits per heavy atom. The number of hydrogen-bond donors (Lipinski definition) is 3. The number of urea groups is 1. The zero-order valence-corrected chi connectivity index (χ0v) is 9.68. The van der Waals surface area contributed by atoms with E-state index in [1.807, 2.05) is 0 Å². The number of aliphatic carboxylic acids is 1. The molecule has 0 aliphatic carbocycles. The van der Waals surface area contributed by atoms with Gasteiger partial charge in [-0.05, 0) is 26.0 Å². The topological polar surface area (TPSA) is 91.3 Å². The molecule has 1 rings (SSSR count). The lowest BCUT2D eigenvalue weighted by molar-refractivity contribution is -0.141. The van der Waals surface area contributed by atoms with Gasteiger partial charge in [-0.25, -0.2) is 4.79 Å². The largest absolute Gasteiger partial charge is 0.481 e. The fraction of sp³-hybridized carbons (Fsp3) is 0.364. The van der Waals surface area contributed by atoms with Crippen molar-refractivity contribution in [2.45, 2.75) is 19.9 Å². The molecule has 2 atom stereocenters. The Bertz CT molecular complexity index is 394. The molecule has 17 heavy (non-hydrogen) atoms. The summed E-state index contributed by atoms with van der Waals surface area (Å²) in [7, 11) is 0. The maximum absolute atomic E-state index is 11.5. The van der Waals surface area contributed by atoms with E-state index in [-0.39, 0.29) is 0 Å². The molecule has 0 aliphatic heterocycles. The number of aromatic nitrogens is 1. The summed E-state index contributed by atoms with van der Waals surface area (Å²) in [6, 6.07) is 2.49. The number of anilines is 1. The standard InChI is InChI=1S/C11H15N3O3/c1-7(10(15)16)8(2)13-11(17)14-9-4-3-5-12-6-9/h3-8H,1-2H3,(H,15,16)(H2,13,14,17). The van der Waals surface area contributed by atoms with Crippen LogP contribution in [0.5, 0.6) is 0 Å². The number of carbonyl (C=O) groups is 2. The summed E-state index contributed by atoms with van der Waals surface area (Å²) in [5, 5.41) is 13.9. The Balaban J connectivity index is 2.48. The molecule has 92 valence electrons. The quantitative estimate of drug-likeness (QED) is 0.736. The Hall–Kier alpha value is -2.11. The normalized spacial score (nSPS) is 13.5. The van der Waals surface area contributed by atoms with Crippen LogP contribution >= 0.6 is 0 Å². The van der Waals surface area contributed by atoms with Crippen molar-refractivity contribution in [2.24, 2.45) is 5.92 Å². The minimum Gasteiger partial charge on any atom is -0.481 e. The molecule has 6 heteroatoms. The summed E-state index contributed by atoms with van der Waals surface area (Å²) >= 11 is 0. The monoisotopic (exact) mass is 237 g/mol. The van der Waals surface area contributed by atoms with Gasteiger partial charge in [0.1, 0.15) is 0 Å². The number of hydrogen-bond acceptors (Lipinski definition) is 3. The summed E-state index contributed by atoms with van der Waals surface area (Å²) in [6.07, 6.45) is 3.10. The average Bonchev–Trinajstić information content (AvgIpc) is 2.28. The van der Waals surface area contributed by atoms with Crippen LogP contribution in [-0.2, 0) is 4.79 Å². The molecule has 0 aliphatic rings. The van der Waals surface area contributed by atoms with Crippen LogP contribution < -0.4 is 10.6 Å². The van der Waals surface area contributed by atoms with Gasteiger partial charge >= 0.3 is 12.0 Å². The molecule has 6 nitrogen and oxygen atoms in total. The Morgan fingerprint density at radius 3 is 2.65 bits per heavy atom. The third kappa shape index (κ3) is 4.10. The van der Waals surface area contributed by atoms with Crippen molar-refractivity contribution in [3.63, 3.8) is 0 Å². The summed E-state index contributed by atoms with van der Waals surface area (Å²) < 4.78 is 0. The molecule has 3 N–H and O–H groups in total. The van der Waals surface area contributed by atoms with E-state index >= 15 is 0 Å². The fourth-order valence-corrected chi connectivity index (χ4v) is 1.15. The predicted octanol–water partition coefficient (Wildman–Crippen LogP) is 1.31. The van der Waals surface area contributed by atoms with Crippen molar-refractivity contribution < 1.29 is 14.7 Å². The SMILES string of the molecule is CC(NC(=O)Nc1cccnc1)C(C)C(=O)O. The Kier molecular flexibility index (Phi) is 4.45. The van der Waals surface area contributed by atoms with Crippen molar-refractivity contribution in [1.29, 1.82) is 0 Å². The lowest BCUT2D eigenvalue weighted by Gasteiger charge is -2.17. The number of carboxylic acid groups (broad SMARTS) is 1. The van der Waals surface area contributed by atoms with Gasteiger partial charge in [-0.2, -0.15) is 0 Å². The number of nitrogens with one attached hydrogen (secondary N) is 2. The van der Waals surface area contributed by atoms with Gasteiger partial charge in [0.2, 0.25) is 0 Å². The molecular weight excluding hydrogens is 222 g/mol. The van der Waals surface area contributed by atoms with Crippen molar-refractivity contribution in [3.05, 3.63) is 24.5 Å². The molecular formula is C11H15N3O3. The summed E-state index contributed by atoms with van der Waals surface area (Å²) in [5.41, 5.74) is 0.556. The highest BCUT2D eigenvalue weighted by Gasteiger charge is 2.20. The first-order valence-corrected chi connectivity index (χ1v) is 5.21. The van der Waals surface area contributed by atoms with Crippen LogP contribution in [0.25, 0.3) is 0 Å². The third-order valence-electron chi connectivity index (χ3n) is 2.42.